The first-order valence-corrected chi connectivity index (χ1v) is 8.89. The van der Waals surface area contributed by atoms with Crippen molar-refractivity contribution in [1.29, 1.82) is 0 Å². The highest BCUT2D eigenvalue weighted by Crippen LogP contribution is 2.23. The van der Waals surface area contributed by atoms with E-state index in [-0.39, 0.29) is 18.6 Å². The summed E-state index contributed by atoms with van der Waals surface area (Å²) in [5.41, 5.74) is 1.48. The van der Waals surface area contributed by atoms with E-state index in [1.165, 1.54) is 6.08 Å². The van der Waals surface area contributed by atoms with Crippen molar-refractivity contribution in [2.24, 2.45) is 0 Å². The van der Waals surface area contributed by atoms with E-state index in [1.54, 1.807) is 43.4 Å². The molecule has 0 N–H and O–H groups in total. The van der Waals surface area contributed by atoms with E-state index in [9.17, 15) is 9.59 Å². The van der Waals surface area contributed by atoms with Crippen molar-refractivity contribution in [2.45, 2.75) is 19.9 Å². The lowest BCUT2D eigenvalue weighted by molar-refractivity contribution is -0.143. The summed E-state index contributed by atoms with van der Waals surface area (Å²) in [6, 6.07) is 14.5. The fraction of sp³-hybridized carbons (Fsp3) is 0.273. The van der Waals surface area contributed by atoms with Gasteiger partial charge in [0, 0.05) is 23.9 Å². The van der Waals surface area contributed by atoms with Crippen LogP contribution in [0.15, 0.2) is 54.6 Å². The van der Waals surface area contributed by atoms with Crippen LogP contribution in [0, 0.1) is 0 Å². The predicted octanol–water partition coefficient (Wildman–Crippen LogP) is 3.70. The first-order chi connectivity index (χ1) is 13.4. The smallest absolute Gasteiger partial charge is 0.331 e. The molecule has 0 atom stereocenters. The maximum Gasteiger partial charge on any atom is 0.331 e. The Morgan fingerprint density at radius 2 is 1.61 bits per heavy atom. The zero-order valence-electron chi connectivity index (χ0n) is 16.5. The minimum Gasteiger partial charge on any atom is -0.497 e. The van der Waals surface area contributed by atoms with E-state index >= 15 is 0 Å². The number of carbonyl (C=O) groups is 2. The molecule has 0 aliphatic heterocycles. The first kappa shape index (κ1) is 21.0. The number of methoxy groups -OCH3 is 2. The summed E-state index contributed by atoms with van der Waals surface area (Å²) in [6.07, 6.45) is 2.85. The molecule has 6 heteroatoms. The summed E-state index contributed by atoms with van der Waals surface area (Å²) in [6.45, 7) is 3.48. The molecule has 0 aromatic heterocycles. The van der Waals surface area contributed by atoms with E-state index in [4.69, 9.17) is 14.2 Å². The molecule has 148 valence electrons. The van der Waals surface area contributed by atoms with Crippen molar-refractivity contribution in [3.8, 4) is 11.5 Å². The largest absolute Gasteiger partial charge is 0.497 e. The van der Waals surface area contributed by atoms with Crippen molar-refractivity contribution < 1.29 is 23.8 Å². The lowest BCUT2D eigenvalue weighted by Gasteiger charge is -2.26. The number of hydrogen-bond acceptors (Lipinski definition) is 5. The molecule has 0 radical (unpaired) electrons. The molecule has 2 aromatic rings. The number of nitrogens with zero attached hydrogens (tertiary/aromatic N) is 1. The molecule has 0 spiro atoms. The Morgan fingerprint density at radius 1 is 1.00 bits per heavy atom. The Kier molecular flexibility index (Phi) is 7.63. The molecule has 0 saturated carbocycles. The van der Waals surface area contributed by atoms with Crippen LogP contribution in [0.2, 0.25) is 0 Å². The fourth-order valence-electron chi connectivity index (χ4n) is 2.66. The molecular formula is C22H25NO5. The van der Waals surface area contributed by atoms with Crippen LogP contribution in [0.1, 0.15) is 19.4 Å². The van der Waals surface area contributed by atoms with Crippen molar-refractivity contribution in [2.75, 3.05) is 25.7 Å². The van der Waals surface area contributed by atoms with Gasteiger partial charge in [-0.3, -0.25) is 4.79 Å². The van der Waals surface area contributed by atoms with Gasteiger partial charge in [0.2, 0.25) is 0 Å². The Hall–Kier alpha value is -3.28. The topological polar surface area (TPSA) is 65.1 Å². The standard InChI is InChI=1S/C22H25NO5/c1-16(2)23(18-8-6-5-7-9-18)21(24)15-28-22(25)11-10-17-12-19(26-3)14-20(13-17)27-4/h5-14,16H,15H2,1-4H3/b11-10+. The number of hydrogen-bond donors (Lipinski definition) is 0. The lowest BCUT2D eigenvalue weighted by Crippen LogP contribution is -2.39. The third-order valence-corrected chi connectivity index (χ3v) is 3.94. The minimum absolute atomic E-state index is 0.0617. The third-order valence-electron chi connectivity index (χ3n) is 3.94. The fourth-order valence-corrected chi connectivity index (χ4v) is 2.66. The van der Waals surface area contributed by atoms with Gasteiger partial charge in [-0.1, -0.05) is 18.2 Å². The summed E-state index contributed by atoms with van der Waals surface area (Å²) in [5.74, 6) is 0.328. The molecule has 2 aromatic carbocycles. The molecule has 0 unspecified atom stereocenters. The maximum atomic E-state index is 12.5. The molecule has 2 rings (SSSR count). The zero-order valence-corrected chi connectivity index (χ0v) is 16.5. The second-order valence-corrected chi connectivity index (χ2v) is 6.28. The number of carbonyl (C=O) groups excluding carboxylic acids is 2. The highest BCUT2D eigenvalue weighted by atomic mass is 16.5. The SMILES string of the molecule is COc1cc(/C=C/C(=O)OCC(=O)N(c2ccccc2)C(C)C)cc(OC)c1. The molecule has 1 amide bonds. The summed E-state index contributed by atoms with van der Waals surface area (Å²) in [7, 11) is 3.10. The maximum absolute atomic E-state index is 12.5. The molecule has 28 heavy (non-hydrogen) atoms. The monoisotopic (exact) mass is 383 g/mol. The van der Waals surface area contributed by atoms with Crippen LogP contribution >= 0.6 is 0 Å². The van der Waals surface area contributed by atoms with Crippen molar-refractivity contribution in [1.82, 2.24) is 0 Å². The number of para-hydroxylation sites is 1. The summed E-state index contributed by atoms with van der Waals surface area (Å²) in [4.78, 5) is 26.1. The molecule has 0 fully saturated rings. The van der Waals surface area contributed by atoms with Gasteiger partial charge in [0.1, 0.15) is 11.5 Å². The Morgan fingerprint density at radius 3 is 2.14 bits per heavy atom. The highest BCUT2D eigenvalue weighted by molar-refractivity contribution is 5.96. The van der Waals surface area contributed by atoms with Gasteiger partial charge in [0.15, 0.2) is 6.61 Å². The molecule has 0 aliphatic rings. The number of esters is 1. The van der Waals surface area contributed by atoms with Gasteiger partial charge in [0.25, 0.3) is 5.91 Å². The van der Waals surface area contributed by atoms with Gasteiger partial charge < -0.3 is 19.1 Å². The van der Waals surface area contributed by atoms with Crippen molar-refractivity contribution >= 4 is 23.6 Å². The second kappa shape index (κ2) is 10.2. The number of amides is 1. The van der Waals surface area contributed by atoms with Crippen LogP contribution in [0.3, 0.4) is 0 Å². The van der Waals surface area contributed by atoms with Gasteiger partial charge in [-0.05, 0) is 49.8 Å². The Labute approximate surface area is 165 Å². The van der Waals surface area contributed by atoms with Crippen LogP contribution in [0.4, 0.5) is 5.69 Å². The van der Waals surface area contributed by atoms with Crippen molar-refractivity contribution in [3.05, 3.63) is 60.2 Å². The molecule has 0 heterocycles. The zero-order chi connectivity index (χ0) is 20.5. The predicted molar refractivity (Wildman–Crippen MR) is 109 cm³/mol. The van der Waals surface area contributed by atoms with Crippen LogP contribution in [0.5, 0.6) is 11.5 Å². The minimum atomic E-state index is -0.605. The van der Waals surface area contributed by atoms with Gasteiger partial charge >= 0.3 is 5.97 Å². The molecular weight excluding hydrogens is 358 g/mol. The van der Waals surface area contributed by atoms with Gasteiger partial charge in [-0.25, -0.2) is 4.79 Å². The molecule has 0 aliphatic carbocycles. The van der Waals surface area contributed by atoms with E-state index < -0.39 is 5.97 Å². The van der Waals surface area contributed by atoms with Crippen molar-refractivity contribution in [3.63, 3.8) is 0 Å². The first-order valence-electron chi connectivity index (χ1n) is 8.89. The number of ether oxygens (including phenoxy) is 3. The normalized spacial score (nSPS) is 10.8. The highest BCUT2D eigenvalue weighted by Gasteiger charge is 2.19. The summed E-state index contributed by atoms with van der Waals surface area (Å²) in [5, 5.41) is 0. The summed E-state index contributed by atoms with van der Waals surface area (Å²) >= 11 is 0. The second-order valence-electron chi connectivity index (χ2n) is 6.28. The van der Waals surface area contributed by atoms with E-state index in [0.29, 0.717) is 17.1 Å². The quantitative estimate of drug-likeness (QED) is 0.514. The van der Waals surface area contributed by atoms with E-state index in [0.717, 1.165) is 5.69 Å². The molecule has 0 saturated heterocycles. The van der Waals surface area contributed by atoms with Gasteiger partial charge in [-0.15, -0.1) is 0 Å². The Balaban J connectivity index is 1.99. The van der Waals surface area contributed by atoms with Crippen LogP contribution in [0.25, 0.3) is 6.08 Å². The summed E-state index contributed by atoms with van der Waals surface area (Å²) < 4.78 is 15.5. The van der Waals surface area contributed by atoms with Crippen LogP contribution < -0.4 is 14.4 Å². The molecule has 6 nitrogen and oxygen atoms in total. The van der Waals surface area contributed by atoms with Gasteiger partial charge in [-0.2, -0.15) is 0 Å². The third kappa shape index (κ3) is 5.87. The van der Waals surface area contributed by atoms with E-state index in [2.05, 4.69) is 0 Å². The number of rotatable bonds is 8. The van der Waals surface area contributed by atoms with Crippen LogP contribution in [-0.4, -0.2) is 38.7 Å². The Bertz CT molecular complexity index is 808. The van der Waals surface area contributed by atoms with Crippen LogP contribution in [-0.2, 0) is 14.3 Å². The van der Waals surface area contributed by atoms with E-state index in [1.807, 2.05) is 44.2 Å². The molecule has 0 bridgehead atoms. The average molecular weight is 383 g/mol. The van der Waals surface area contributed by atoms with Gasteiger partial charge in [0.05, 0.1) is 14.2 Å². The average Bonchev–Trinajstić information content (AvgIpc) is 2.71. The number of benzene rings is 2. The number of anilines is 1. The lowest BCUT2D eigenvalue weighted by atomic mass is 10.2.